The molecule has 0 radical (unpaired) electrons. The lowest BCUT2D eigenvalue weighted by molar-refractivity contribution is -0.122. The zero-order chi connectivity index (χ0) is 16.2. The average molecular weight is 293 g/mol. The van der Waals surface area contributed by atoms with Crippen molar-refractivity contribution in [3.8, 4) is 5.75 Å². The molecule has 1 unspecified atom stereocenters. The summed E-state index contributed by atoms with van der Waals surface area (Å²) in [5.74, 6) is 0.495. The van der Waals surface area contributed by atoms with Crippen LogP contribution in [0.3, 0.4) is 0 Å². The standard InChI is InChI=1S/C16H27N3O2/c1-7-16(3,4)19(5)11(2)15(20)18-13-9-8-12(17)10-14(13)21-6/h8-11H,7,17H2,1-6H3,(H,18,20). The summed E-state index contributed by atoms with van der Waals surface area (Å²) in [5.41, 5.74) is 6.91. The van der Waals surface area contributed by atoms with E-state index in [4.69, 9.17) is 10.5 Å². The van der Waals surface area contributed by atoms with E-state index in [9.17, 15) is 4.79 Å². The molecule has 5 nitrogen and oxygen atoms in total. The molecule has 0 saturated carbocycles. The molecular formula is C16H27N3O2. The van der Waals surface area contributed by atoms with E-state index in [1.54, 1.807) is 25.3 Å². The van der Waals surface area contributed by atoms with Crippen LogP contribution in [0.1, 0.15) is 34.1 Å². The summed E-state index contributed by atoms with van der Waals surface area (Å²) in [5, 5.41) is 2.90. The number of ether oxygens (including phenoxy) is 1. The monoisotopic (exact) mass is 293 g/mol. The van der Waals surface area contributed by atoms with Crippen LogP contribution >= 0.6 is 0 Å². The van der Waals surface area contributed by atoms with E-state index in [0.29, 0.717) is 17.1 Å². The van der Waals surface area contributed by atoms with Gasteiger partial charge in [-0.25, -0.2) is 0 Å². The van der Waals surface area contributed by atoms with Gasteiger partial charge in [-0.1, -0.05) is 6.92 Å². The smallest absolute Gasteiger partial charge is 0.241 e. The minimum absolute atomic E-state index is 0.0397. The zero-order valence-electron chi connectivity index (χ0n) is 13.9. The van der Waals surface area contributed by atoms with E-state index >= 15 is 0 Å². The molecule has 3 N–H and O–H groups in total. The van der Waals surface area contributed by atoms with E-state index < -0.39 is 0 Å². The number of nitrogens with two attached hydrogens (primary N) is 1. The SMILES string of the molecule is CCC(C)(C)N(C)C(C)C(=O)Nc1ccc(N)cc1OC. The molecule has 0 bridgehead atoms. The molecule has 21 heavy (non-hydrogen) atoms. The minimum Gasteiger partial charge on any atom is -0.494 e. The van der Waals surface area contributed by atoms with Gasteiger partial charge in [0.15, 0.2) is 0 Å². The summed E-state index contributed by atoms with van der Waals surface area (Å²) in [4.78, 5) is 14.5. The first-order valence-corrected chi connectivity index (χ1v) is 7.20. The van der Waals surface area contributed by atoms with Crippen molar-refractivity contribution in [3.05, 3.63) is 18.2 Å². The summed E-state index contributed by atoms with van der Waals surface area (Å²) in [6, 6.07) is 4.94. The predicted octanol–water partition coefficient (Wildman–Crippen LogP) is 2.72. The molecule has 0 fully saturated rings. The highest BCUT2D eigenvalue weighted by molar-refractivity contribution is 5.96. The number of nitrogens with zero attached hydrogens (tertiary/aromatic N) is 1. The second-order valence-corrected chi connectivity index (χ2v) is 5.90. The highest BCUT2D eigenvalue weighted by atomic mass is 16.5. The van der Waals surface area contributed by atoms with Crippen molar-refractivity contribution in [1.82, 2.24) is 4.90 Å². The Hall–Kier alpha value is -1.75. The number of hydrogen-bond donors (Lipinski definition) is 2. The predicted molar refractivity (Wildman–Crippen MR) is 87.6 cm³/mol. The molecule has 1 atom stereocenters. The Bertz CT molecular complexity index is 500. The summed E-state index contributed by atoms with van der Waals surface area (Å²) in [7, 11) is 3.52. The van der Waals surface area contributed by atoms with Gasteiger partial charge >= 0.3 is 0 Å². The fraction of sp³-hybridized carbons (Fsp3) is 0.562. The van der Waals surface area contributed by atoms with Gasteiger partial charge < -0.3 is 15.8 Å². The van der Waals surface area contributed by atoms with Crippen LogP contribution in [0.4, 0.5) is 11.4 Å². The molecule has 0 heterocycles. The lowest BCUT2D eigenvalue weighted by Crippen LogP contribution is -2.50. The summed E-state index contributed by atoms with van der Waals surface area (Å²) in [6.07, 6.45) is 0.965. The molecule has 118 valence electrons. The topological polar surface area (TPSA) is 67.6 Å². The number of hydrogen-bond acceptors (Lipinski definition) is 4. The van der Waals surface area contributed by atoms with Gasteiger partial charge in [-0.05, 0) is 46.4 Å². The molecule has 1 aromatic rings. The number of carbonyl (C=O) groups excluding carboxylic acids is 1. The number of benzene rings is 1. The molecular weight excluding hydrogens is 266 g/mol. The lowest BCUT2D eigenvalue weighted by Gasteiger charge is -2.38. The second-order valence-electron chi connectivity index (χ2n) is 5.90. The van der Waals surface area contributed by atoms with Gasteiger partial charge in [0.1, 0.15) is 5.75 Å². The van der Waals surface area contributed by atoms with Gasteiger partial charge in [0, 0.05) is 17.3 Å². The van der Waals surface area contributed by atoms with Crippen molar-refractivity contribution in [2.45, 2.75) is 45.7 Å². The lowest BCUT2D eigenvalue weighted by atomic mass is 9.98. The van der Waals surface area contributed by atoms with Gasteiger partial charge in [0.2, 0.25) is 5.91 Å². The Balaban J connectivity index is 2.86. The summed E-state index contributed by atoms with van der Waals surface area (Å²) >= 11 is 0. The Morgan fingerprint density at radius 3 is 2.62 bits per heavy atom. The fourth-order valence-electron chi connectivity index (χ4n) is 2.00. The van der Waals surface area contributed by atoms with Gasteiger partial charge in [-0.3, -0.25) is 9.69 Å². The van der Waals surface area contributed by atoms with Crippen LogP contribution in [0.2, 0.25) is 0 Å². The first-order chi connectivity index (χ1) is 9.72. The van der Waals surface area contributed by atoms with Crippen molar-refractivity contribution in [2.24, 2.45) is 0 Å². The molecule has 1 rings (SSSR count). The van der Waals surface area contributed by atoms with Gasteiger partial charge in [0.05, 0.1) is 18.8 Å². The number of nitrogens with one attached hydrogen (secondary N) is 1. The van der Waals surface area contributed by atoms with Gasteiger partial charge in [-0.2, -0.15) is 0 Å². The molecule has 0 saturated heterocycles. The number of amides is 1. The largest absolute Gasteiger partial charge is 0.494 e. The van der Waals surface area contributed by atoms with Crippen LogP contribution in [0.5, 0.6) is 5.75 Å². The van der Waals surface area contributed by atoms with E-state index in [1.807, 2.05) is 14.0 Å². The van der Waals surface area contributed by atoms with Crippen molar-refractivity contribution in [1.29, 1.82) is 0 Å². The van der Waals surface area contributed by atoms with E-state index in [-0.39, 0.29) is 17.5 Å². The van der Waals surface area contributed by atoms with Gasteiger partial charge in [-0.15, -0.1) is 0 Å². The average Bonchev–Trinajstić information content (AvgIpc) is 2.47. The highest BCUT2D eigenvalue weighted by Crippen LogP contribution is 2.27. The van der Waals surface area contributed by atoms with Gasteiger partial charge in [0.25, 0.3) is 0 Å². The molecule has 0 aliphatic rings. The minimum atomic E-state index is -0.248. The number of likely N-dealkylation sites (N-methyl/N-ethyl adjacent to an activating group) is 1. The van der Waals surface area contributed by atoms with Crippen LogP contribution in [0, 0.1) is 0 Å². The first kappa shape index (κ1) is 17.3. The molecule has 5 heteroatoms. The number of carbonyl (C=O) groups is 1. The third kappa shape index (κ3) is 4.11. The van der Waals surface area contributed by atoms with E-state index in [0.717, 1.165) is 6.42 Å². The van der Waals surface area contributed by atoms with Crippen LogP contribution in [-0.2, 0) is 4.79 Å². The quantitative estimate of drug-likeness (QED) is 0.791. The Kier molecular flexibility index (Phi) is 5.61. The zero-order valence-corrected chi connectivity index (χ0v) is 13.9. The number of methoxy groups -OCH3 is 1. The summed E-state index contributed by atoms with van der Waals surface area (Å²) < 4.78 is 5.25. The maximum Gasteiger partial charge on any atom is 0.241 e. The Morgan fingerprint density at radius 1 is 1.48 bits per heavy atom. The van der Waals surface area contributed by atoms with Crippen molar-refractivity contribution < 1.29 is 9.53 Å². The molecule has 1 aromatic carbocycles. The third-order valence-electron chi connectivity index (χ3n) is 4.26. The van der Waals surface area contributed by atoms with Crippen LogP contribution in [0.15, 0.2) is 18.2 Å². The molecule has 0 aromatic heterocycles. The Labute approximate surface area is 127 Å². The fourth-order valence-corrected chi connectivity index (χ4v) is 2.00. The number of nitrogen functional groups attached to an aromatic ring is 1. The van der Waals surface area contributed by atoms with Crippen LogP contribution in [0.25, 0.3) is 0 Å². The van der Waals surface area contributed by atoms with Crippen molar-refractivity contribution in [3.63, 3.8) is 0 Å². The molecule has 1 amide bonds. The van der Waals surface area contributed by atoms with Crippen LogP contribution in [-0.4, -0.2) is 36.5 Å². The van der Waals surface area contributed by atoms with Crippen molar-refractivity contribution in [2.75, 3.05) is 25.2 Å². The summed E-state index contributed by atoms with van der Waals surface area (Å²) in [6.45, 7) is 8.27. The van der Waals surface area contributed by atoms with Crippen molar-refractivity contribution >= 4 is 17.3 Å². The van der Waals surface area contributed by atoms with Crippen LogP contribution < -0.4 is 15.8 Å². The normalized spacial score (nSPS) is 13.1. The maximum absolute atomic E-state index is 12.4. The first-order valence-electron chi connectivity index (χ1n) is 7.20. The van der Waals surface area contributed by atoms with E-state index in [2.05, 4.69) is 31.0 Å². The highest BCUT2D eigenvalue weighted by Gasteiger charge is 2.29. The number of anilines is 2. The molecule has 0 aliphatic carbocycles. The maximum atomic E-state index is 12.4. The second kappa shape index (κ2) is 6.80. The molecule has 0 aliphatic heterocycles. The van der Waals surface area contributed by atoms with E-state index in [1.165, 1.54) is 0 Å². The molecule has 0 spiro atoms. The Morgan fingerprint density at radius 2 is 2.10 bits per heavy atom. The third-order valence-corrected chi connectivity index (χ3v) is 4.26. The number of rotatable bonds is 6.